The summed E-state index contributed by atoms with van der Waals surface area (Å²) in [6.45, 7) is -0.649. The van der Waals surface area contributed by atoms with Gasteiger partial charge >= 0.3 is 0 Å². The van der Waals surface area contributed by atoms with Crippen LogP contribution in [0.15, 0.2) is 36.4 Å². The van der Waals surface area contributed by atoms with Gasteiger partial charge in [-0.2, -0.15) is 0 Å². The van der Waals surface area contributed by atoms with Crippen LogP contribution in [0.4, 0.5) is 0 Å². The number of phenols is 2. The molecule has 32 heavy (non-hydrogen) atoms. The normalized spacial score (nSPS) is 32.2. The van der Waals surface area contributed by atoms with Crippen molar-refractivity contribution in [1.82, 2.24) is 0 Å². The minimum Gasteiger partial charge on any atom is -0.508 e. The molecule has 11 nitrogen and oxygen atoms in total. The van der Waals surface area contributed by atoms with Crippen LogP contribution in [0.1, 0.15) is 22.0 Å². The summed E-state index contributed by atoms with van der Waals surface area (Å²) in [5, 5.41) is 69.4. The molecule has 2 aromatic rings. The van der Waals surface area contributed by atoms with Crippen LogP contribution in [0.2, 0.25) is 0 Å². The van der Waals surface area contributed by atoms with E-state index in [2.05, 4.69) is 0 Å². The fourth-order valence-corrected chi connectivity index (χ4v) is 3.68. The number of aliphatic hydroxyl groups excluding tert-OH is 5. The molecule has 4 rings (SSSR count). The minimum atomic E-state index is -1.68. The first kappa shape index (κ1) is 22.3. The SMILES string of the molecule is O=C1c2c(O)cc(O[C@H]3O[C@@H](CO)[C@H](O)[C@@H](O)[C@@H]3O)cc2O[C@H](c2ccc(O)cc2)[C@H]1O. The molecule has 7 atom stereocenters. The third-order valence-corrected chi connectivity index (χ3v) is 5.43. The molecule has 0 radical (unpaired) electrons. The molecule has 172 valence electrons. The summed E-state index contributed by atoms with van der Waals surface area (Å²) in [4.78, 5) is 12.7. The van der Waals surface area contributed by atoms with Crippen molar-refractivity contribution in [3.05, 3.63) is 47.5 Å². The number of phenolic OH excluding ortho intramolecular Hbond substituents is 2. The zero-order valence-corrected chi connectivity index (χ0v) is 16.5. The van der Waals surface area contributed by atoms with Crippen molar-refractivity contribution >= 4 is 5.78 Å². The van der Waals surface area contributed by atoms with E-state index in [4.69, 9.17) is 14.2 Å². The molecule has 1 saturated heterocycles. The van der Waals surface area contributed by atoms with Gasteiger partial charge in [0.25, 0.3) is 0 Å². The predicted octanol–water partition coefficient (Wildman–Crippen LogP) is -1.05. The van der Waals surface area contributed by atoms with E-state index < -0.39 is 61.1 Å². The molecule has 0 aliphatic carbocycles. The second kappa shape index (κ2) is 8.54. The Kier molecular flexibility index (Phi) is 5.95. The largest absolute Gasteiger partial charge is 0.508 e. The van der Waals surface area contributed by atoms with Gasteiger partial charge in [-0.25, -0.2) is 0 Å². The van der Waals surface area contributed by atoms with Gasteiger partial charge in [-0.15, -0.1) is 0 Å². The van der Waals surface area contributed by atoms with Crippen LogP contribution < -0.4 is 9.47 Å². The number of aliphatic hydroxyl groups is 5. The van der Waals surface area contributed by atoms with Gasteiger partial charge in [0.15, 0.2) is 12.2 Å². The Morgan fingerprint density at radius 1 is 0.938 bits per heavy atom. The lowest BCUT2D eigenvalue weighted by molar-refractivity contribution is -0.277. The molecule has 11 heteroatoms. The molecule has 0 aromatic heterocycles. The van der Waals surface area contributed by atoms with E-state index in [0.717, 1.165) is 6.07 Å². The maximum atomic E-state index is 12.7. The molecular weight excluding hydrogens is 428 g/mol. The predicted molar refractivity (Wildman–Crippen MR) is 104 cm³/mol. The Balaban J connectivity index is 1.63. The molecule has 0 saturated carbocycles. The maximum Gasteiger partial charge on any atom is 0.229 e. The standard InChI is InChI=1S/C21H22O11/c22-7-13-15(25)17(27)19(29)21(32-13)30-10-5-11(24)14-12(6-10)31-20(18(28)16(14)26)8-1-3-9(23)4-2-8/h1-6,13,15,17-25,27-29H,7H2/t13-,15-,17+,18-,19-,20+,21-/m0/s1. The van der Waals surface area contributed by atoms with Crippen LogP contribution in [0.3, 0.4) is 0 Å². The number of ketones is 1. The smallest absolute Gasteiger partial charge is 0.229 e. The average molecular weight is 450 g/mol. The summed E-state index contributed by atoms with van der Waals surface area (Å²) in [5.74, 6) is -1.59. The quantitative estimate of drug-likeness (QED) is 0.301. The van der Waals surface area contributed by atoms with E-state index in [9.17, 15) is 40.5 Å². The van der Waals surface area contributed by atoms with Gasteiger partial charge < -0.3 is 50.0 Å². The maximum absolute atomic E-state index is 12.7. The van der Waals surface area contributed by atoms with E-state index in [1.54, 1.807) is 0 Å². The number of carbonyl (C=O) groups is 1. The molecule has 1 fully saturated rings. The molecule has 0 unspecified atom stereocenters. The first-order valence-electron chi connectivity index (χ1n) is 9.73. The van der Waals surface area contributed by atoms with Crippen molar-refractivity contribution in [3.63, 3.8) is 0 Å². The van der Waals surface area contributed by atoms with Crippen LogP contribution in [0.25, 0.3) is 0 Å². The monoisotopic (exact) mass is 450 g/mol. The number of fused-ring (bicyclic) bond motifs is 1. The Labute approximate surface area is 181 Å². The number of benzene rings is 2. The lowest BCUT2D eigenvalue weighted by atomic mass is 9.93. The van der Waals surface area contributed by atoms with Gasteiger partial charge in [0.05, 0.1) is 6.61 Å². The average Bonchev–Trinajstić information content (AvgIpc) is 2.77. The number of hydrogen-bond acceptors (Lipinski definition) is 11. The van der Waals surface area contributed by atoms with E-state index >= 15 is 0 Å². The number of Topliss-reactive ketones (excluding diaryl/α,β-unsaturated/α-hetero) is 1. The van der Waals surface area contributed by atoms with Gasteiger partial charge in [-0.3, -0.25) is 4.79 Å². The highest BCUT2D eigenvalue weighted by Crippen LogP contribution is 2.42. The fourth-order valence-electron chi connectivity index (χ4n) is 3.68. The summed E-state index contributed by atoms with van der Waals surface area (Å²) in [5.41, 5.74) is 0.128. The summed E-state index contributed by atoms with van der Waals surface area (Å²) in [7, 11) is 0. The van der Waals surface area contributed by atoms with E-state index in [-0.39, 0.29) is 22.8 Å². The zero-order chi connectivity index (χ0) is 23.2. The number of aromatic hydroxyl groups is 2. The molecule has 2 aliphatic heterocycles. The van der Waals surface area contributed by atoms with Crippen LogP contribution in [-0.4, -0.2) is 84.9 Å². The fraction of sp³-hybridized carbons (Fsp3) is 0.381. The van der Waals surface area contributed by atoms with Crippen molar-refractivity contribution in [2.24, 2.45) is 0 Å². The van der Waals surface area contributed by atoms with E-state index in [0.29, 0.717) is 5.56 Å². The summed E-state index contributed by atoms with van der Waals surface area (Å²) < 4.78 is 16.5. The van der Waals surface area contributed by atoms with Crippen molar-refractivity contribution < 1.29 is 54.8 Å². The van der Waals surface area contributed by atoms with Gasteiger partial charge in [0.1, 0.15) is 53.0 Å². The van der Waals surface area contributed by atoms with E-state index in [1.807, 2.05) is 0 Å². The van der Waals surface area contributed by atoms with Crippen molar-refractivity contribution in [2.75, 3.05) is 6.61 Å². The lowest BCUT2D eigenvalue weighted by Gasteiger charge is -2.39. The second-order valence-electron chi connectivity index (χ2n) is 7.57. The van der Waals surface area contributed by atoms with Crippen molar-refractivity contribution in [3.8, 4) is 23.0 Å². The highest BCUT2D eigenvalue weighted by molar-refractivity contribution is 6.05. The highest BCUT2D eigenvalue weighted by Gasteiger charge is 2.45. The molecule has 0 bridgehead atoms. The van der Waals surface area contributed by atoms with Crippen molar-refractivity contribution in [1.29, 1.82) is 0 Å². The summed E-state index contributed by atoms with van der Waals surface area (Å²) in [6, 6.07) is 7.93. The van der Waals surface area contributed by atoms with Gasteiger partial charge in [0, 0.05) is 12.1 Å². The Morgan fingerprint density at radius 3 is 2.28 bits per heavy atom. The molecule has 0 amide bonds. The van der Waals surface area contributed by atoms with Gasteiger partial charge in [0.2, 0.25) is 12.1 Å². The molecule has 0 spiro atoms. The third-order valence-electron chi connectivity index (χ3n) is 5.43. The Hall–Kier alpha value is -2.93. The lowest BCUT2D eigenvalue weighted by Crippen LogP contribution is -2.60. The van der Waals surface area contributed by atoms with Crippen molar-refractivity contribution in [2.45, 2.75) is 42.9 Å². The van der Waals surface area contributed by atoms with Gasteiger partial charge in [-0.05, 0) is 17.7 Å². The van der Waals surface area contributed by atoms with Crippen LogP contribution in [0.5, 0.6) is 23.0 Å². The zero-order valence-electron chi connectivity index (χ0n) is 16.5. The number of carbonyl (C=O) groups excluding carboxylic acids is 1. The second-order valence-corrected chi connectivity index (χ2v) is 7.57. The molecule has 2 aliphatic rings. The highest BCUT2D eigenvalue weighted by atomic mass is 16.7. The van der Waals surface area contributed by atoms with E-state index in [1.165, 1.54) is 30.3 Å². The Bertz CT molecular complexity index is 990. The number of hydrogen-bond donors (Lipinski definition) is 7. The number of rotatable bonds is 4. The number of ether oxygens (including phenoxy) is 3. The summed E-state index contributed by atoms with van der Waals surface area (Å²) in [6.07, 6.45) is -10.4. The summed E-state index contributed by atoms with van der Waals surface area (Å²) >= 11 is 0. The first-order chi connectivity index (χ1) is 15.2. The van der Waals surface area contributed by atoms with Crippen LogP contribution >= 0.6 is 0 Å². The molecular formula is C21H22O11. The molecule has 7 N–H and O–H groups in total. The van der Waals surface area contributed by atoms with Crippen LogP contribution in [0, 0.1) is 0 Å². The topological polar surface area (TPSA) is 186 Å². The minimum absolute atomic E-state index is 0.0152. The first-order valence-corrected chi connectivity index (χ1v) is 9.73. The van der Waals surface area contributed by atoms with Gasteiger partial charge in [-0.1, -0.05) is 12.1 Å². The van der Waals surface area contributed by atoms with Crippen LogP contribution in [-0.2, 0) is 4.74 Å². The molecule has 2 heterocycles. The third kappa shape index (κ3) is 3.86. The molecule has 2 aromatic carbocycles. The Morgan fingerprint density at radius 2 is 1.62 bits per heavy atom.